The summed E-state index contributed by atoms with van der Waals surface area (Å²) in [6.07, 6.45) is 0.185. The van der Waals surface area contributed by atoms with E-state index in [4.69, 9.17) is 4.74 Å². The fourth-order valence-corrected chi connectivity index (χ4v) is 1.63. The Kier molecular flexibility index (Phi) is 8.81. The second-order valence-corrected chi connectivity index (χ2v) is 6.71. The van der Waals surface area contributed by atoms with Crippen molar-refractivity contribution in [1.82, 2.24) is 10.2 Å². The second kappa shape index (κ2) is 9.19. The SMILES string of the molecule is CC(C)CCNCCN(CC(C)O)C(=O)OC(C)(C)C. The molecular weight excluding hydrogens is 256 g/mol. The van der Waals surface area contributed by atoms with E-state index < -0.39 is 11.7 Å². The normalized spacial score (nSPS) is 13.4. The maximum atomic E-state index is 12.0. The number of hydrogen-bond donors (Lipinski definition) is 2. The van der Waals surface area contributed by atoms with Crippen LogP contribution in [0, 0.1) is 5.92 Å². The van der Waals surface area contributed by atoms with Crippen molar-refractivity contribution in [3.05, 3.63) is 0 Å². The van der Waals surface area contributed by atoms with Gasteiger partial charge in [0.1, 0.15) is 5.60 Å². The van der Waals surface area contributed by atoms with Crippen molar-refractivity contribution in [2.24, 2.45) is 5.92 Å². The number of aliphatic hydroxyl groups is 1. The molecule has 0 spiro atoms. The van der Waals surface area contributed by atoms with E-state index in [1.54, 1.807) is 11.8 Å². The van der Waals surface area contributed by atoms with Crippen molar-refractivity contribution in [1.29, 1.82) is 0 Å². The third kappa shape index (κ3) is 11.1. The maximum Gasteiger partial charge on any atom is 0.410 e. The molecular formula is C15H32N2O3. The van der Waals surface area contributed by atoms with Crippen molar-refractivity contribution < 1.29 is 14.6 Å². The number of ether oxygens (including phenoxy) is 1. The molecule has 5 nitrogen and oxygen atoms in total. The largest absolute Gasteiger partial charge is 0.444 e. The number of rotatable bonds is 8. The molecule has 1 atom stereocenters. The Labute approximate surface area is 123 Å². The molecule has 0 aliphatic heterocycles. The van der Waals surface area contributed by atoms with Crippen LogP contribution in [0.1, 0.15) is 48.0 Å². The predicted octanol–water partition coefficient (Wildman–Crippen LogP) is 2.24. The van der Waals surface area contributed by atoms with Crippen molar-refractivity contribution in [2.75, 3.05) is 26.2 Å². The molecule has 0 bridgehead atoms. The Morgan fingerprint density at radius 2 is 1.85 bits per heavy atom. The minimum absolute atomic E-state index is 0.292. The number of carbonyl (C=O) groups excluding carboxylic acids is 1. The second-order valence-electron chi connectivity index (χ2n) is 6.71. The van der Waals surface area contributed by atoms with E-state index in [9.17, 15) is 9.90 Å². The summed E-state index contributed by atoms with van der Waals surface area (Å²) in [4.78, 5) is 13.6. The number of carbonyl (C=O) groups is 1. The van der Waals surface area contributed by atoms with Gasteiger partial charge in [0.05, 0.1) is 6.10 Å². The number of aliphatic hydroxyl groups excluding tert-OH is 1. The number of hydrogen-bond acceptors (Lipinski definition) is 4. The third-order valence-electron chi connectivity index (χ3n) is 2.59. The molecule has 0 saturated carbocycles. The lowest BCUT2D eigenvalue weighted by molar-refractivity contribution is 0.0164. The summed E-state index contributed by atoms with van der Waals surface area (Å²) in [7, 11) is 0. The van der Waals surface area contributed by atoms with E-state index in [0.29, 0.717) is 25.6 Å². The molecule has 0 radical (unpaired) electrons. The molecule has 1 unspecified atom stereocenters. The molecule has 0 aromatic carbocycles. The summed E-state index contributed by atoms with van der Waals surface area (Å²) in [5.41, 5.74) is -0.515. The maximum absolute atomic E-state index is 12.0. The minimum atomic E-state index is -0.557. The van der Waals surface area contributed by atoms with Gasteiger partial charge >= 0.3 is 6.09 Å². The highest BCUT2D eigenvalue weighted by molar-refractivity contribution is 5.68. The first-order valence-electron chi connectivity index (χ1n) is 7.48. The fourth-order valence-electron chi connectivity index (χ4n) is 1.63. The van der Waals surface area contributed by atoms with Crippen LogP contribution >= 0.6 is 0 Å². The van der Waals surface area contributed by atoms with Crippen molar-refractivity contribution >= 4 is 6.09 Å². The Morgan fingerprint density at radius 1 is 1.25 bits per heavy atom. The van der Waals surface area contributed by atoms with Gasteiger partial charge in [-0.15, -0.1) is 0 Å². The number of nitrogens with one attached hydrogen (secondary N) is 1. The zero-order valence-electron chi connectivity index (χ0n) is 13.9. The molecule has 1 amide bonds. The van der Waals surface area contributed by atoms with Gasteiger partial charge in [-0.25, -0.2) is 4.79 Å². The van der Waals surface area contributed by atoms with Crippen LogP contribution in [0.5, 0.6) is 0 Å². The van der Waals surface area contributed by atoms with Crippen LogP contribution < -0.4 is 5.32 Å². The lowest BCUT2D eigenvalue weighted by atomic mass is 10.1. The average molecular weight is 288 g/mol. The fraction of sp³-hybridized carbons (Fsp3) is 0.933. The Balaban J connectivity index is 4.18. The average Bonchev–Trinajstić information content (AvgIpc) is 2.23. The number of nitrogens with zero attached hydrogens (tertiary/aromatic N) is 1. The third-order valence-corrected chi connectivity index (χ3v) is 2.59. The van der Waals surface area contributed by atoms with Crippen LogP contribution in [0.3, 0.4) is 0 Å². The van der Waals surface area contributed by atoms with Crippen molar-refractivity contribution in [3.8, 4) is 0 Å². The first-order valence-corrected chi connectivity index (χ1v) is 7.48. The topological polar surface area (TPSA) is 61.8 Å². The van der Waals surface area contributed by atoms with E-state index in [1.165, 1.54) is 0 Å². The van der Waals surface area contributed by atoms with E-state index in [0.717, 1.165) is 13.0 Å². The van der Waals surface area contributed by atoms with Crippen molar-refractivity contribution in [3.63, 3.8) is 0 Å². The summed E-state index contributed by atoms with van der Waals surface area (Å²) in [6.45, 7) is 14.0. The van der Waals surface area contributed by atoms with Gasteiger partial charge in [0.15, 0.2) is 0 Å². The van der Waals surface area contributed by atoms with E-state index in [1.807, 2.05) is 20.8 Å². The van der Waals surface area contributed by atoms with Gasteiger partial charge in [-0.05, 0) is 46.6 Å². The van der Waals surface area contributed by atoms with Gasteiger partial charge in [0, 0.05) is 19.6 Å². The Hall–Kier alpha value is -0.810. The van der Waals surface area contributed by atoms with Gasteiger partial charge in [0.25, 0.3) is 0 Å². The standard InChI is InChI=1S/C15H32N2O3/c1-12(2)7-8-16-9-10-17(11-13(3)18)14(19)20-15(4,5)6/h12-13,16,18H,7-11H2,1-6H3. The lowest BCUT2D eigenvalue weighted by Crippen LogP contribution is -2.43. The zero-order valence-corrected chi connectivity index (χ0v) is 13.9. The van der Waals surface area contributed by atoms with Gasteiger partial charge in [-0.3, -0.25) is 0 Å². The van der Waals surface area contributed by atoms with Crippen LogP contribution in [0.4, 0.5) is 4.79 Å². The molecule has 0 saturated heterocycles. The van der Waals surface area contributed by atoms with E-state index in [2.05, 4.69) is 19.2 Å². The summed E-state index contributed by atoms with van der Waals surface area (Å²) in [6, 6.07) is 0. The molecule has 120 valence electrons. The smallest absolute Gasteiger partial charge is 0.410 e. The zero-order chi connectivity index (χ0) is 15.8. The molecule has 0 heterocycles. The van der Waals surface area contributed by atoms with Crippen LogP contribution in [-0.4, -0.2) is 54.0 Å². The van der Waals surface area contributed by atoms with Crippen LogP contribution in [0.2, 0.25) is 0 Å². The highest BCUT2D eigenvalue weighted by Crippen LogP contribution is 2.10. The first-order chi connectivity index (χ1) is 9.11. The first kappa shape index (κ1) is 19.2. The van der Waals surface area contributed by atoms with Crippen molar-refractivity contribution in [2.45, 2.75) is 59.7 Å². The number of amides is 1. The van der Waals surface area contributed by atoms with Crippen LogP contribution in [0.15, 0.2) is 0 Å². The van der Waals surface area contributed by atoms with Gasteiger partial charge in [0.2, 0.25) is 0 Å². The molecule has 20 heavy (non-hydrogen) atoms. The van der Waals surface area contributed by atoms with Crippen LogP contribution in [0.25, 0.3) is 0 Å². The Bertz CT molecular complexity index is 273. The van der Waals surface area contributed by atoms with Gasteiger partial charge in [-0.2, -0.15) is 0 Å². The Morgan fingerprint density at radius 3 is 2.30 bits per heavy atom. The minimum Gasteiger partial charge on any atom is -0.444 e. The summed E-state index contributed by atoms with van der Waals surface area (Å²) in [5, 5.41) is 12.8. The van der Waals surface area contributed by atoms with E-state index >= 15 is 0 Å². The monoisotopic (exact) mass is 288 g/mol. The summed E-state index contributed by atoms with van der Waals surface area (Å²) in [5.74, 6) is 0.668. The molecule has 0 aliphatic carbocycles. The quantitative estimate of drug-likeness (QED) is 0.672. The lowest BCUT2D eigenvalue weighted by Gasteiger charge is -2.28. The highest BCUT2D eigenvalue weighted by Gasteiger charge is 2.22. The van der Waals surface area contributed by atoms with E-state index in [-0.39, 0.29) is 6.09 Å². The van der Waals surface area contributed by atoms with Gasteiger partial charge < -0.3 is 20.1 Å². The molecule has 2 N–H and O–H groups in total. The summed E-state index contributed by atoms with van der Waals surface area (Å²) >= 11 is 0. The molecule has 0 aromatic rings. The predicted molar refractivity (Wildman–Crippen MR) is 81.8 cm³/mol. The molecule has 0 aromatic heterocycles. The summed E-state index contributed by atoms with van der Waals surface area (Å²) < 4.78 is 5.34. The van der Waals surface area contributed by atoms with Crippen LogP contribution in [-0.2, 0) is 4.74 Å². The molecule has 0 rings (SSSR count). The highest BCUT2D eigenvalue weighted by atomic mass is 16.6. The molecule has 5 heteroatoms. The van der Waals surface area contributed by atoms with Gasteiger partial charge in [-0.1, -0.05) is 13.8 Å². The molecule has 0 fully saturated rings. The molecule has 0 aliphatic rings.